The van der Waals surface area contributed by atoms with E-state index in [0.717, 1.165) is 22.2 Å². The normalized spacial score (nSPS) is 14.8. The lowest BCUT2D eigenvalue weighted by Crippen LogP contribution is -2.36. The molecule has 0 spiro atoms. The second-order valence-electron chi connectivity index (χ2n) is 6.30. The molecule has 0 atom stereocenters. The Morgan fingerprint density at radius 1 is 1.10 bits per heavy atom. The van der Waals surface area contributed by atoms with Crippen molar-refractivity contribution in [2.45, 2.75) is 13.8 Å². The van der Waals surface area contributed by atoms with Crippen LogP contribution in [0.5, 0.6) is 17.2 Å². The highest BCUT2D eigenvalue weighted by atomic mass is 32.2. The maximum atomic E-state index is 12.6. The van der Waals surface area contributed by atoms with Crippen molar-refractivity contribution in [3.8, 4) is 17.2 Å². The van der Waals surface area contributed by atoms with Gasteiger partial charge in [-0.2, -0.15) is 0 Å². The van der Waals surface area contributed by atoms with Gasteiger partial charge in [0.15, 0.2) is 11.5 Å². The van der Waals surface area contributed by atoms with Crippen LogP contribution in [0.2, 0.25) is 0 Å². The molecule has 1 saturated heterocycles. The number of benzene rings is 1. The number of rotatable bonds is 8. The van der Waals surface area contributed by atoms with E-state index in [1.54, 1.807) is 18.2 Å². The molecule has 2 rings (SSSR count). The molecule has 0 aromatic heterocycles. The van der Waals surface area contributed by atoms with Crippen molar-refractivity contribution in [3.63, 3.8) is 0 Å². The summed E-state index contributed by atoms with van der Waals surface area (Å²) in [7, 11) is 4.50. The van der Waals surface area contributed by atoms with Gasteiger partial charge in [0.25, 0.3) is 11.1 Å². The van der Waals surface area contributed by atoms with Gasteiger partial charge in [0.2, 0.25) is 11.7 Å². The van der Waals surface area contributed by atoms with Crippen molar-refractivity contribution >= 4 is 34.9 Å². The first-order valence-electron chi connectivity index (χ1n) is 8.78. The predicted molar refractivity (Wildman–Crippen MR) is 111 cm³/mol. The predicted octanol–water partition coefficient (Wildman–Crippen LogP) is 2.83. The highest BCUT2D eigenvalue weighted by Crippen LogP contribution is 2.40. The number of carbonyl (C=O) groups excluding carboxylic acids is 3. The standard InChI is InChI=1S/C20H24N2O6S/c1-12(2)8-17(23)21-6-7-22-19(24)16(29-20(22)25)11-13-9-14(26-3)18(28-5)15(10-13)27-4/h8-11H,6-7H2,1-5H3,(H,21,23). The van der Waals surface area contributed by atoms with E-state index in [0.29, 0.717) is 22.8 Å². The maximum absolute atomic E-state index is 12.6. The van der Waals surface area contributed by atoms with Crippen LogP contribution < -0.4 is 19.5 Å². The topological polar surface area (TPSA) is 94.2 Å². The molecule has 0 bridgehead atoms. The smallest absolute Gasteiger partial charge is 0.293 e. The van der Waals surface area contributed by atoms with Crippen LogP contribution in [0, 0.1) is 0 Å². The van der Waals surface area contributed by atoms with E-state index in [-0.39, 0.29) is 29.1 Å². The molecular weight excluding hydrogens is 396 g/mol. The zero-order valence-electron chi connectivity index (χ0n) is 17.0. The van der Waals surface area contributed by atoms with Crippen LogP contribution in [-0.4, -0.2) is 56.4 Å². The Bertz CT molecular complexity index is 849. The first-order valence-corrected chi connectivity index (χ1v) is 9.60. The largest absolute Gasteiger partial charge is 0.493 e. The van der Waals surface area contributed by atoms with Crippen molar-refractivity contribution in [2.75, 3.05) is 34.4 Å². The van der Waals surface area contributed by atoms with E-state index < -0.39 is 5.91 Å². The molecule has 1 heterocycles. The average molecular weight is 420 g/mol. The molecule has 1 aliphatic heterocycles. The number of allylic oxidation sites excluding steroid dienone is 1. The number of hydrogen-bond acceptors (Lipinski definition) is 7. The fraction of sp³-hybridized carbons (Fsp3) is 0.350. The van der Waals surface area contributed by atoms with E-state index in [2.05, 4.69) is 5.32 Å². The monoisotopic (exact) mass is 420 g/mol. The van der Waals surface area contributed by atoms with Crippen LogP contribution in [0.3, 0.4) is 0 Å². The van der Waals surface area contributed by atoms with Gasteiger partial charge in [-0.15, -0.1) is 0 Å². The number of ether oxygens (including phenoxy) is 3. The van der Waals surface area contributed by atoms with Gasteiger partial charge in [-0.1, -0.05) is 5.57 Å². The van der Waals surface area contributed by atoms with Crippen LogP contribution in [0.1, 0.15) is 19.4 Å². The van der Waals surface area contributed by atoms with Gasteiger partial charge in [0, 0.05) is 19.2 Å². The SMILES string of the molecule is COc1cc(C=C2SC(=O)N(CCNC(=O)C=C(C)C)C2=O)cc(OC)c1OC. The van der Waals surface area contributed by atoms with Gasteiger partial charge in [-0.25, -0.2) is 0 Å². The summed E-state index contributed by atoms with van der Waals surface area (Å²) in [6, 6.07) is 3.38. The molecule has 1 aliphatic rings. The summed E-state index contributed by atoms with van der Waals surface area (Å²) in [4.78, 5) is 37.9. The lowest BCUT2D eigenvalue weighted by molar-refractivity contribution is -0.123. The Labute approximate surface area is 173 Å². The van der Waals surface area contributed by atoms with Crippen LogP contribution in [0.25, 0.3) is 6.08 Å². The summed E-state index contributed by atoms with van der Waals surface area (Å²) in [6.07, 6.45) is 3.05. The number of thioether (sulfide) groups is 1. The highest BCUT2D eigenvalue weighted by Gasteiger charge is 2.34. The van der Waals surface area contributed by atoms with Gasteiger partial charge in [0.05, 0.1) is 26.2 Å². The number of nitrogens with one attached hydrogen (secondary N) is 1. The average Bonchev–Trinajstić information content (AvgIpc) is 2.93. The van der Waals surface area contributed by atoms with Gasteiger partial charge in [-0.3, -0.25) is 19.3 Å². The summed E-state index contributed by atoms with van der Waals surface area (Å²) in [6.45, 7) is 3.89. The molecule has 0 aliphatic carbocycles. The van der Waals surface area contributed by atoms with Crippen molar-refractivity contribution in [2.24, 2.45) is 0 Å². The lowest BCUT2D eigenvalue weighted by Gasteiger charge is -2.13. The van der Waals surface area contributed by atoms with Gasteiger partial charge < -0.3 is 19.5 Å². The van der Waals surface area contributed by atoms with E-state index >= 15 is 0 Å². The summed E-state index contributed by atoms with van der Waals surface area (Å²) in [5.74, 6) is 0.654. The lowest BCUT2D eigenvalue weighted by atomic mass is 10.1. The first kappa shape index (κ1) is 22.4. The fourth-order valence-corrected chi connectivity index (χ4v) is 3.50. The molecule has 1 N–H and O–H groups in total. The molecule has 0 unspecified atom stereocenters. The molecule has 1 fully saturated rings. The Morgan fingerprint density at radius 2 is 1.72 bits per heavy atom. The van der Waals surface area contributed by atoms with Crippen molar-refractivity contribution in [1.29, 1.82) is 0 Å². The third-order valence-electron chi connectivity index (χ3n) is 3.91. The molecule has 9 heteroatoms. The molecule has 1 aromatic rings. The quantitative estimate of drug-likeness (QED) is 0.646. The third kappa shape index (κ3) is 5.54. The summed E-state index contributed by atoms with van der Waals surface area (Å²) >= 11 is 0.844. The molecular formula is C20H24N2O6S. The number of imide groups is 1. The molecule has 1 aromatic carbocycles. The minimum atomic E-state index is -0.412. The van der Waals surface area contributed by atoms with Gasteiger partial charge >= 0.3 is 0 Å². The first-order chi connectivity index (χ1) is 13.8. The van der Waals surface area contributed by atoms with Crippen LogP contribution >= 0.6 is 11.8 Å². The molecule has 29 heavy (non-hydrogen) atoms. The number of nitrogens with zero attached hydrogens (tertiary/aromatic N) is 1. The van der Waals surface area contributed by atoms with Crippen LogP contribution in [-0.2, 0) is 9.59 Å². The summed E-state index contributed by atoms with van der Waals surface area (Å²) in [5.41, 5.74) is 1.49. The van der Waals surface area contributed by atoms with Crippen molar-refractivity contribution in [1.82, 2.24) is 10.2 Å². The van der Waals surface area contributed by atoms with E-state index in [1.807, 2.05) is 13.8 Å². The second kappa shape index (κ2) is 10.0. The van der Waals surface area contributed by atoms with Crippen LogP contribution in [0.15, 0.2) is 28.7 Å². The summed E-state index contributed by atoms with van der Waals surface area (Å²) < 4.78 is 15.9. The van der Waals surface area contributed by atoms with Crippen LogP contribution in [0.4, 0.5) is 4.79 Å². The Balaban J connectivity index is 2.15. The minimum Gasteiger partial charge on any atom is -0.493 e. The van der Waals surface area contributed by atoms with E-state index in [4.69, 9.17) is 14.2 Å². The van der Waals surface area contributed by atoms with Gasteiger partial charge in [-0.05, 0) is 49.4 Å². The third-order valence-corrected chi connectivity index (χ3v) is 4.82. The van der Waals surface area contributed by atoms with E-state index in [1.165, 1.54) is 27.4 Å². The number of carbonyl (C=O) groups is 3. The Hall–Kier alpha value is -2.94. The maximum Gasteiger partial charge on any atom is 0.293 e. The van der Waals surface area contributed by atoms with E-state index in [9.17, 15) is 14.4 Å². The zero-order chi connectivity index (χ0) is 21.6. The molecule has 3 amide bonds. The molecule has 8 nitrogen and oxygen atoms in total. The molecule has 0 radical (unpaired) electrons. The number of methoxy groups -OCH3 is 3. The van der Waals surface area contributed by atoms with Crippen molar-refractivity contribution in [3.05, 3.63) is 34.3 Å². The zero-order valence-corrected chi connectivity index (χ0v) is 17.8. The Kier molecular flexibility index (Phi) is 7.72. The number of amides is 3. The fourth-order valence-electron chi connectivity index (χ4n) is 2.63. The van der Waals surface area contributed by atoms with Crippen molar-refractivity contribution < 1.29 is 28.6 Å². The minimum absolute atomic E-state index is 0.0968. The number of hydrogen-bond donors (Lipinski definition) is 1. The van der Waals surface area contributed by atoms with Gasteiger partial charge in [0.1, 0.15) is 0 Å². The highest BCUT2D eigenvalue weighted by molar-refractivity contribution is 8.18. The molecule has 156 valence electrons. The Morgan fingerprint density at radius 3 is 2.24 bits per heavy atom. The second-order valence-corrected chi connectivity index (χ2v) is 7.30. The summed E-state index contributed by atoms with van der Waals surface area (Å²) in [5, 5.41) is 2.27. The molecule has 0 saturated carbocycles.